The van der Waals surface area contributed by atoms with E-state index in [0.717, 1.165) is 12.1 Å². The zero-order chi connectivity index (χ0) is 21.4. The molecule has 0 bridgehead atoms. The monoisotopic (exact) mass is 413 g/mol. The standard InChI is InChI=1S/C19H22F3N3O4/c1-27-16-8-5-13(9-17(16)28-2)25-18(23)24-10-14(26)11-29-15-6-3-12(4-7-15)19(20,21)22/h3-9,14,26H,10-11H2,1-2H3,(H3,23,24,25). The van der Waals surface area contributed by atoms with Crippen LogP contribution in [0.3, 0.4) is 0 Å². The first-order chi connectivity index (χ1) is 13.7. The number of aliphatic imine (C=N–C) groups is 1. The van der Waals surface area contributed by atoms with Crippen molar-refractivity contribution in [2.75, 3.05) is 32.7 Å². The van der Waals surface area contributed by atoms with Gasteiger partial charge in [-0.25, -0.2) is 0 Å². The van der Waals surface area contributed by atoms with Gasteiger partial charge in [-0.05, 0) is 36.4 Å². The van der Waals surface area contributed by atoms with Gasteiger partial charge in [-0.1, -0.05) is 0 Å². The molecule has 158 valence electrons. The molecular formula is C19H22F3N3O4. The summed E-state index contributed by atoms with van der Waals surface area (Å²) in [5.41, 5.74) is 5.63. The normalized spacial score (nSPS) is 13.0. The van der Waals surface area contributed by atoms with Crippen LogP contribution in [-0.2, 0) is 6.18 Å². The van der Waals surface area contributed by atoms with Crippen LogP contribution in [0.1, 0.15) is 5.56 Å². The van der Waals surface area contributed by atoms with Crippen molar-refractivity contribution in [1.29, 1.82) is 0 Å². The van der Waals surface area contributed by atoms with Crippen molar-refractivity contribution < 1.29 is 32.5 Å². The molecule has 2 aromatic rings. The summed E-state index contributed by atoms with van der Waals surface area (Å²) in [6.45, 7) is -0.217. The average Bonchev–Trinajstić information content (AvgIpc) is 2.70. The fraction of sp³-hybridized carbons (Fsp3) is 0.316. The van der Waals surface area contributed by atoms with Gasteiger partial charge in [0.1, 0.15) is 18.5 Å². The number of nitrogens with zero attached hydrogens (tertiary/aromatic N) is 1. The maximum absolute atomic E-state index is 12.5. The number of anilines is 1. The highest BCUT2D eigenvalue weighted by molar-refractivity contribution is 5.92. The Morgan fingerprint density at radius 3 is 2.34 bits per heavy atom. The molecule has 0 aliphatic heterocycles. The Hall–Kier alpha value is -3.14. The van der Waals surface area contributed by atoms with E-state index < -0.39 is 17.8 Å². The summed E-state index contributed by atoms with van der Waals surface area (Å²) < 4.78 is 53.2. The largest absolute Gasteiger partial charge is 0.493 e. The summed E-state index contributed by atoms with van der Waals surface area (Å²) >= 11 is 0. The summed E-state index contributed by atoms with van der Waals surface area (Å²) in [6.07, 6.45) is -5.41. The zero-order valence-electron chi connectivity index (χ0n) is 15.9. The quantitative estimate of drug-likeness (QED) is 0.455. The van der Waals surface area contributed by atoms with Crippen molar-refractivity contribution in [3.8, 4) is 17.2 Å². The van der Waals surface area contributed by atoms with Crippen molar-refractivity contribution >= 4 is 11.6 Å². The Labute approximate surface area is 165 Å². The van der Waals surface area contributed by atoms with Crippen molar-refractivity contribution in [2.45, 2.75) is 12.3 Å². The van der Waals surface area contributed by atoms with Gasteiger partial charge >= 0.3 is 6.18 Å². The lowest BCUT2D eigenvalue weighted by atomic mass is 10.2. The predicted octanol–water partition coefficient (Wildman–Crippen LogP) is 2.89. The number of nitrogens with two attached hydrogens (primary N) is 1. The van der Waals surface area contributed by atoms with Crippen molar-refractivity contribution in [3.63, 3.8) is 0 Å². The molecule has 0 fully saturated rings. The first-order valence-corrected chi connectivity index (χ1v) is 8.50. The molecule has 0 amide bonds. The fourth-order valence-electron chi connectivity index (χ4n) is 2.29. The number of methoxy groups -OCH3 is 2. The molecule has 29 heavy (non-hydrogen) atoms. The fourth-order valence-corrected chi connectivity index (χ4v) is 2.29. The second kappa shape index (κ2) is 9.87. The summed E-state index contributed by atoms with van der Waals surface area (Å²) in [5, 5.41) is 12.8. The summed E-state index contributed by atoms with van der Waals surface area (Å²) in [4.78, 5) is 4.01. The maximum Gasteiger partial charge on any atom is 0.416 e. The van der Waals surface area contributed by atoms with Crippen LogP contribution < -0.4 is 25.3 Å². The molecule has 1 unspecified atom stereocenters. The van der Waals surface area contributed by atoms with Crippen LogP contribution in [0.5, 0.6) is 17.2 Å². The van der Waals surface area contributed by atoms with Gasteiger partial charge in [-0.3, -0.25) is 4.99 Å². The van der Waals surface area contributed by atoms with Crippen LogP contribution in [-0.4, -0.2) is 44.5 Å². The summed E-state index contributed by atoms with van der Waals surface area (Å²) in [5.74, 6) is 1.34. The van der Waals surface area contributed by atoms with E-state index in [1.165, 1.54) is 26.4 Å². The molecule has 2 rings (SSSR count). The topological polar surface area (TPSA) is 98.3 Å². The molecule has 1 atom stereocenters. The predicted molar refractivity (Wildman–Crippen MR) is 103 cm³/mol. The Morgan fingerprint density at radius 2 is 1.76 bits per heavy atom. The third-order valence-corrected chi connectivity index (χ3v) is 3.75. The van der Waals surface area contributed by atoms with Crippen molar-refractivity contribution in [3.05, 3.63) is 48.0 Å². The minimum atomic E-state index is -4.41. The molecule has 0 saturated heterocycles. The highest BCUT2D eigenvalue weighted by Gasteiger charge is 2.30. The van der Waals surface area contributed by atoms with Crippen LogP contribution in [0.2, 0.25) is 0 Å². The molecule has 0 radical (unpaired) electrons. The maximum atomic E-state index is 12.5. The van der Waals surface area contributed by atoms with Gasteiger partial charge in [0.15, 0.2) is 17.5 Å². The molecule has 4 N–H and O–H groups in total. The molecule has 7 nitrogen and oxygen atoms in total. The Morgan fingerprint density at radius 1 is 1.10 bits per heavy atom. The smallest absolute Gasteiger partial charge is 0.416 e. The number of aliphatic hydroxyl groups excluding tert-OH is 1. The molecule has 0 spiro atoms. The summed E-state index contributed by atoms with van der Waals surface area (Å²) in [7, 11) is 3.03. The van der Waals surface area contributed by atoms with Crippen molar-refractivity contribution in [1.82, 2.24) is 0 Å². The first kappa shape index (κ1) is 22.2. The average molecular weight is 413 g/mol. The van der Waals surface area contributed by atoms with E-state index in [1.54, 1.807) is 18.2 Å². The van der Waals surface area contributed by atoms with E-state index in [4.69, 9.17) is 19.9 Å². The number of halogens is 3. The lowest BCUT2D eigenvalue weighted by Gasteiger charge is -2.13. The van der Waals surface area contributed by atoms with Gasteiger partial charge in [0.05, 0.1) is 26.3 Å². The van der Waals surface area contributed by atoms with Gasteiger partial charge in [0.25, 0.3) is 0 Å². The minimum Gasteiger partial charge on any atom is -0.493 e. The van der Waals surface area contributed by atoms with Crippen molar-refractivity contribution in [2.24, 2.45) is 10.7 Å². The lowest BCUT2D eigenvalue weighted by Crippen LogP contribution is -2.27. The van der Waals surface area contributed by atoms with Gasteiger partial charge in [-0.2, -0.15) is 13.2 Å². The van der Waals surface area contributed by atoms with Crippen LogP contribution >= 0.6 is 0 Å². The van der Waals surface area contributed by atoms with Crippen LogP contribution in [0.15, 0.2) is 47.5 Å². The number of guanidine groups is 1. The van der Waals surface area contributed by atoms with E-state index in [2.05, 4.69) is 10.3 Å². The molecule has 0 aliphatic rings. The van der Waals surface area contributed by atoms with E-state index in [9.17, 15) is 18.3 Å². The van der Waals surface area contributed by atoms with Gasteiger partial charge in [0.2, 0.25) is 0 Å². The van der Waals surface area contributed by atoms with E-state index in [1.807, 2.05) is 0 Å². The molecule has 0 aromatic heterocycles. The van der Waals surface area contributed by atoms with E-state index >= 15 is 0 Å². The first-order valence-electron chi connectivity index (χ1n) is 8.50. The third kappa shape index (κ3) is 6.75. The molecular weight excluding hydrogens is 391 g/mol. The van der Waals surface area contributed by atoms with Crippen LogP contribution in [0.4, 0.5) is 18.9 Å². The molecule has 0 aliphatic carbocycles. The van der Waals surface area contributed by atoms with E-state index in [0.29, 0.717) is 17.2 Å². The second-order valence-corrected chi connectivity index (χ2v) is 5.91. The number of hydrogen-bond acceptors (Lipinski definition) is 5. The molecule has 0 saturated carbocycles. The number of rotatable bonds is 8. The number of alkyl halides is 3. The van der Waals surface area contributed by atoms with Gasteiger partial charge in [-0.15, -0.1) is 0 Å². The minimum absolute atomic E-state index is 0.0609. The zero-order valence-corrected chi connectivity index (χ0v) is 15.9. The Bertz CT molecular complexity index is 826. The van der Waals surface area contributed by atoms with Crippen LogP contribution in [0, 0.1) is 0 Å². The number of aliphatic hydroxyl groups is 1. The SMILES string of the molecule is COc1ccc(NC(N)=NCC(O)COc2ccc(C(F)(F)F)cc2)cc1OC. The number of ether oxygens (including phenoxy) is 3. The molecule has 0 heterocycles. The number of nitrogens with one attached hydrogen (secondary N) is 1. The van der Waals surface area contributed by atoms with Crippen LogP contribution in [0.25, 0.3) is 0 Å². The third-order valence-electron chi connectivity index (χ3n) is 3.75. The highest BCUT2D eigenvalue weighted by atomic mass is 19.4. The Balaban J connectivity index is 1.84. The van der Waals surface area contributed by atoms with E-state index in [-0.39, 0.29) is 24.9 Å². The summed E-state index contributed by atoms with van der Waals surface area (Å²) in [6, 6.07) is 9.27. The van der Waals surface area contributed by atoms with Gasteiger partial charge in [0, 0.05) is 11.8 Å². The molecule has 10 heteroatoms. The highest BCUT2D eigenvalue weighted by Crippen LogP contribution is 2.30. The number of hydrogen-bond donors (Lipinski definition) is 3. The second-order valence-electron chi connectivity index (χ2n) is 5.91. The molecule has 2 aromatic carbocycles. The lowest BCUT2D eigenvalue weighted by molar-refractivity contribution is -0.137. The Kier molecular flexibility index (Phi) is 7.54. The number of benzene rings is 2. The van der Waals surface area contributed by atoms with Gasteiger partial charge < -0.3 is 30.4 Å².